The van der Waals surface area contributed by atoms with Gasteiger partial charge in [-0.25, -0.2) is 5.01 Å². The van der Waals surface area contributed by atoms with Crippen molar-refractivity contribution in [2.45, 2.75) is 52.6 Å². The van der Waals surface area contributed by atoms with Crippen LogP contribution in [0.1, 0.15) is 41.5 Å². The molecule has 4 atom stereocenters. The maximum absolute atomic E-state index is 4.75. The van der Waals surface area contributed by atoms with Gasteiger partial charge in [0.25, 0.3) is 0 Å². The standard InChI is InChI=1S/C18H25N3/c1-12-13(2)15(4)18(6)17(5,14(12)3)19-20-21(18)16-10-8-7-9-11-16/h7-11,14-15H,1-6H3/t14-,15-,17+,18+/m0/s1. The molecule has 0 unspecified atom stereocenters. The molecule has 0 saturated carbocycles. The Morgan fingerprint density at radius 3 is 2.14 bits per heavy atom. The van der Waals surface area contributed by atoms with E-state index < -0.39 is 0 Å². The van der Waals surface area contributed by atoms with Crippen LogP contribution in [-0.4, -0.2) is 11.1 Å². The van der Waals surface area contributed by atoms with Gasteiger partial charge in [0.2, 0.25) is 0 Å². The Morgan fingerprint density at radius 1 is 0.952 bits per heavy atom. The molecule has 2 aliphatic rings. The zero-order valence-corrected chi connectivity index (χ0v) is 13.9. The fraction of sp³-hybridized carbons (Fsp3) is 0.556. The predicted octanol–water partition coefficient (Wildman–Crippen LogP) is 5.01. The first kappa shape index (κ1) is 14.3. The highest BCUT2D eigenvalue weighted by molar-refractivity contribution is 5.53. The molecule has 0 bridgehead atoms. The van der Waals surface area contributed by atoms with Crippen LogP contribution in [0.3, 0.4) is 0 Å². The van der Waals surface area contributed by atoms with Gasteiger partial charge in [-0.2, -0.15) is 5.11 Å². The van der Waals surface area contributed by atoms with Gasteiger partial charge in [0.15, 0.2) is 0 Å². The molecule has 1 heterocycles. The topological polar surface area (TPSA) is 28.0 Å². The molecule has 1 aliphatic heterocycles. The Morgan fingerprint density at radius 2 is 1.52 bits per heavy atom. The summed E-state index contributed by atoms with van der Waals surface area (Å²) < 4.78 is 0. The molecule has 0 saturated heterocycles. The number of rotatable bonds is 1. The third-order valence-electron chi connectivity index (χ3n) is 6.41. The summed E-state index contributed by atoms with van der Waals surface area (Å²) in [4.78, 5) is 0. The van der Waals surface area contributed by atoms with Gasteiger partial charge >= 0.3 is 0 Å². The molecular weight excluding hydrogens is 258 g/mol. The average Bonchev–Trinajstić information content (AvgIpc) is 2.78. The molecule has 1 aromatic rings. The zero-order valence-electron chi connectivity index (χ0n) is 13.9. The highest BCUT2D eigenvalue weighted by Gasteiger charge is 2.62. The molecule has 0 N–H and O–H groups in total. The second-order valence-electron chi connectivity index (χ2n) is 6.94. The molecule has 1 aromatic carbocycles. The normalized spacial score (nSPS) is 38.9. The van der Waals surface area contributed by atoms with Gasteiger partial charge in [-0.05, 0) is 39.8 Å². The lowest BCUT2D eigenvalue weighted by molar-refractivity contribution is 0.158. The minimum absolute atomic E-state index is 0.128. The maximum atomic E-state index is 4.75. The molecule has 0 aromatic heterocycles. The van der Waals surface area contributed by atoms with E-state index in [1.807, 2.05) is 6.07 Å². The second-order valence-corrected chi connectivity index (χ2v) is 6.94. The monoisotopic (exact) mass is 283 g/mol. The van der Waals surface area contributed by atoms with E-state index in [2.05, 4.69) is 76.0 Å². The van der Waals surface area contributed by atoms with Crippen LogP contribution in [-0.2, 0) is 0 Å². The Kier molecular flexibility index (Phi) is 3.01. The third-order valence-corrected chi connectivity index (χ3v) is 6.41. The molecule has 0 amide bonds. The van der Waals surface area contributed by atoms with Crippen molar-refractivity contribution >= 4 is 5.69 Å². The zero-order chi connectivity index (χ0) is 15.4. The van der Waals surface area contributed by atoms with E-state index >= 15 is 0 Å². The van der Waals surface area contributed by atoms with Gasteiger partial charge in [0.05, 0.1) is 11.2 Å². The average molecular weight is 283 g/mol. The molecule has 112 valence electrons. The molecule has 3 heteroatoms. The van der Waals surface area contributed by atoms with Crippen LogP contribution in [0.15, 0.2) is 51.8 Å². The van der Waals surface area contributed by atoms with Gasteiger partial charge in [0, 0.05) is 11.8 Å². The fourth-order valence-corrected chi connectivity index (χ4v) is 4.11. The van der Waals surface area contributed by atoms with Gasteiger partial charge in [-0.1, -0.05) is 48.4 Å². The van der Waals surface area contributed by atoms with E-state index in [9.17, 15) is 0 Å². The van der Waals surface area contributed by atoms with Crippen molar-refractivity contribution in [2.24, 2.45) is 22.2 Å². The Balaban J connectivity index is 2.17. The van der Waals surface area contributed by atoms with Crippen molar-refractivity contribution in [3.63, 3.8) is 0 Å². The molecule has 1 aliphatic carbocycles. The van der Waals surface area contributed by atoms with Crippen molar-refractivity contribution in [3.8, 4) is 0 Å². The summed E-state index contributed by atoms with van der Waals surface area (Å²) in [6.07, 6.45) is 0. The highest BCUT2D eigenvalue weighted by atomic mass is 15.6. The van der Waals surface area contributed by atoms with Crippen LogP contribution in [0, 0.1) is 11.8 Å². The van der Waals surface area contributed by atoms with Crippen LogP contribution >= 0.6 is 0 Å². The highest BCUT2D eigenvalue weighted by Crippen LogP contribution is 2.56. The van der Waals surface area contributed by atoms with Crippen LogP contribution in [0.25, 0.3) is 0 Å². The number of benzene rings is 1. The second kappa shape index (κ2) is 4.43. The fourth-order valence-electron chi connectivity index (χ4n) is 4.11. The number of nitrogens with zero attached hydrogens (tertiary/aromatic N) is 3. The van der Waals surface area contributed by atoms with Crippen LogP contribution in [0.5, 0.6) is 0 Å². The first-order chi connectivity index (χ1) is 9.84. The van der Waals surface area contributed by atoms with Crippen molar-refractivity contribution in [2.75, 3.05) is 5.01 Å². The van der Waals surface area contributed by atoms with Gasteiger partial charge in [-0.3, -0.25) is 0 Å². The third kappa shape index (κ3) is 1.60. The van der Waals surface area contributed by atoms with Crippen molar-refractivity contribution in [1.82, 2.24) is 0 Å². The summed E-state index contributed by atoms with van der Waals surface area (Å²) in [5, 5.41) is 11.5. The number of fused-ring (bicyclic) bond motifs is 1. The van der Waals surface area contributed by atoms with Gasteiger partial charge in [-0.15, -0.1) is 0 Å². The number of anilines is 1. The number of hydrogen-bond donors (Lipinski definition) is 0. The summed E-state index contributed by atoms with van der Waals surface area (Å²) in [7, 11) is 0. The molecule has 0 fully saturated rings. The van der Waals surface area contributed by atoms with Crippen molar-refractivity contribution < 1.29 is 0 Å². The molecule has 0 spiro atoms. The lowest BCUT2D eigenvalue weighted by atomic mass is 9.57. The SMILES string of the molecule is CC1=C(C)[C@H](C)[C@@]2(C)N=NN(c3ccccc3)[C@]2(C)[C@H]1C. The van der Waals surface area contributed by atoms with E-state index in [0.717, 1.165) is 5.69 Å². The Hall–Kier alpha value is -1.64. The summed E-state index contributed by atoms with van der Waals surface area (Å²) >= 11 is 0. The summed E-state index contributed by atoms with van der Waals surface area (Å²) in [6.45, 7) is 13.7. The smallest absolute Gasteiger partial charge is 0.113 e. The Labute approximate surface area is 127 Å². The van der Waals surface area contributed by atoms with Crippen LogP contribution in [0.4, 0.5) is 5.69 Å². The molecule has 3 nitrogen and oxygen atoms in total. The van der Waals surface area contributed by atoms with Gasteiger partial charge in [0.1, 0.15) is 5.54 Å². The minimum Gasteiger partial charge on any atom is -0.238 e. The summed E-state index contributed by atoms with van der Waals surface area (Å²) in [5.41, 5.74) is 3.76. The van der Waals surface area contributed by atoms with Crippen LogP contribution in [0.2, 0.25) is 0 Å². The number of hydrogen-bond acceptors (Lipinski definition) is 3. The molecule has 3 rings (SSSR count). The first-order valence-electron chi connectivity index (χ1n) is 7.79. The van der Waals surface area contributed by atoms with E-state index in [-0.39, 0.29) is 11.1 Å². The van der Waals surface area contributed by atoms with Crippen molar-refractivity contribution in [1.29, 1.82) is 0 Å². The summed E-state index contributed by atoms with van der Waals surface area (Å²) in [5.74, 6) is 0.810. The van der Waals surface area contributed by atoms with E-state index in [0.29, 0.717) is 11.8 Å². The predicted molar refractivity (Wildman–Crippen MR) is 87.3 cm³/mol. The molecule has 21 heavy (non-hydrogen) atoms. The van der Waals surface area contributed by atoms with E-state index in [1.54, 1.807) is 0 Å². The lowest BCUT2D eigenvalue weighted by Gasteiger charge is -2.53. The molecular formula is C18H25N3. The first-order valence-corrected chi connectivity index (χ1v) is 7.79. The van der Waals surface area contributed by atoms with E-state index in [4.69, 9.17) is 5.11 Å². The van der Waals surface area contributed by atoms with Crippen molar-refractivity contribution in [3.05, 3.63) is 41.5 Å². The van der Waals surface area contributed by atoms with E-state index in [1.165, 1.54) is 11.1 Å². The largest absolute Gasteiger partial charge is 0.238 e. The molecule has 0 radical (unpaired) electrons. The maximum Gasteiger partial charge on any atom is 0.113 e. The summed E-state index contributed by atoms with van der Waals surface area (Å²) in [6, 6.07) is 10.4. The lowest BCUT2D eigenvalue weighted by Crippen LogP contribution is -2.64. The minimum atomic E-state index is -0.189. The van der Waals surface area contributed by atoms with Crippen LogP contribution < -0.4 is 5.01 Å². The van der Waals surface area contributed by atoms with Gasteiger partial charge < -0.3 is 0 Å². The number of para-hydroxylation sites is 1. The quantitative estimate of drug-likeness (QED) is 0.665. The Bertz CT molecular complexity index is 619.